The number of hydrogen-bond donors (Lipinski definition) is 1. The lowest BCUT2D eigenvalue weighted by Crippen LogP contribution is -2.42. The molecule has 1 heterocycles. The summed E-state index contributed by atoms with van der Waals surface area (Å²) in [5.74, 6) is 0.821. The zero-order chi connectivity index (χ0) is 11.3. The Kier molecular flexibility index (Phi) is 5.03. The van der Waals surface area contributed by atoms with Gasteiger partial charge in [-0.2, -0.15) is 0 Å². The van der Waals surface area contributed by atoms with Crippen LogP contribution in [0.15, 0.2) is 0 Å². The molecule has 15 heavy (non-hydrogen) atoms. The predicted molar refractivity (Wildman–Crippen MR) is 59.8 cm³/mol. The van der Waals surface area contributed by atoms with Crippen molar-refractivity contribution in [3.8, 4) is 0 Å². The molecule has 1 fully saturated rings. The Morgan fingerprint density at radius 2 is 2.00 bits per heavy atom. The Hall–Kier alpha value is -0.120. The molecular weight excluding hydrogens is 192 g/mol. The van der Waals surface area contributed by atoms with Crippen molar-refractivity contribution < 1.29 is 14.6 Å². The highest BCUT2D eigenvalue weighted by molar-refractivity contribution is 4.85. The van der Waals surface area contributed by atoms with Crippen LogP contribution >= 0.6 is 0 Å². The maximum atomic E-state index is 10.5. The molecule has 0 aromatic rings. The fraction of sp³-hybridized carbons (Fsp3) is 1.00. The first-order valence-electron chi connectivity index (χ1n) is 5.87. The fourth-order valence-corrected chi connectivity index (χ4v) is 2.16. The van der Waals surface area contributed by atoms with Crippen LogP contribution in [0.4, 0.5) is 0 Å². The van der Waals surface area contributed by atoms with Crippen molar-refractivity contribution in [2.75, 3.05) is 26.9 Å². The Morgan fingerprint density at radius 3 is 2.47 bits per heavy atom. The summed E-state index contributed by atoms with van der Waals surface area (Å²) in [6.45, 7) is 6.22. The van der Waals surface area contributed by atoms with E-state index >= 15 is 0 Å². The van der Waals surface area contributed by atoms with Crippen LogP contribution in [0.2, 0.25) is 0 Å². The third-order valence-electron chi connectivity index (χ3n) is 3.45. The number of hydrogen-bond acceptors (Lipinski definition) is 3. The largest absolute Gasteiger partial charge is 0.387 e. The number of rotatable bonds is 5. The molecule has 0 aromatic carbocycles. The molecule has 1 atom stereocenters. The second-order valence-corrected chi connectivity index (χ2v) is 4.95. The van der Waals surface area contributed by atoms with Gasteiger partial charge in [0.15, 0.2) is 0 Å². The molecule has 0 amide bonds. The van der Waals surface area contributed by atoms with E-state index < -0.39 is 5.60 Å². The molecule has 0 aromatic heterocycles. The van der Waals surface area contributed by atoms with Crippen molar-refractivity contribution in [2.45, 2.75) is 38.7 Å². The van der Waals surface area contributed by atoms with E-state index in [2.05, 4.69) is 13.8 Å². The van der Waals surface area contributed by atoms with E-state index in [1.165, 1.54) is 0 Å². The van der Waals surface area contributed by atoms with Crippen molar-refractivity contribution in [1.29, 1.82) is 0 Å². The van der Waals surface area contributed by atoms with Gasteiger partial charge in [0.25, 0.3) is 0 Å². The fourth-order valence-electron chi connectivity index (χ4n) is 2.16. The molecule has 0 radical (unpaired) electrons. The van der Waals surface area contributed by atoms with E-state index in [1.807, 2.05) is 0 Å². The predicted octanol–water partition coefficient (Wildman–Crippen LogP) is 1.84. The van der Waals surface area contributed by atoms with Gasteiger partial charge < -0.3 is 14.6 Å². The van der Waals surface area contributed by atoms with E-state index in [1.54, 1.807) is 7.11 Å². The van der Waals surface area contributed by atoms with E-state index in [9.17, 15) is 5.11 Å². The molecule has 0 aliphatic carbocycles. The second kappa shape index (κ2) is 5.83. The van der Waals surface area contributed by atoms with Gasteiger partial charge in [0, 0.05) is 20.3 Å². The van der Waals surface area contributed by atoms with E-state index in [-0.39, 0.29) is 5.92 Å². The third kappa shape index (κ3) is 3.74. The minimum Gasteiger partial charge on any atom is -0.387 e. The number of ether oxygens (including phenoxy) is 2. The second-order valence-electron chi connectivity index (χ2n) is 4.95. The zero-order valence-electron chi connectivity index (χ0n) is 10.2. The first-order chi connectivity index (χ1) is 7.08. The zero-order valence-corrected chi connectivity index (χ0v) is 10.2. The molecule has 1 aliphatic heterocycles. The van der Waals surface area contributed by atoms with E-state index in [0.717, 1.165) is 32.5 Å². The van der Waals surface area contributed by atoms with Crippen LogP contribution in [0.1, 0.15) is 33.1 Å². The topological polar surface area (TPSA) is 38.7 Å². The van der Waals surface area contributed by atoms with Crippen molar-refractivity contribution in [2.24, 2.45) is 11.8 Å². The number of methoxy groups -OCH3 is 1. The first-order valence-corrected chi connectivity index (χ1v) is 5.87. The van der Waals surface area contributed by atoms with E-state index in [0.29, 0.717) is 12.5 Å². The van der Waals surface area contributed by atoms with Crippen LogP contribution in [0.5, 0.6) is 0 Å². The average Bonchev–Trinajstić information content (AvgIpc) is 2.19. The van der Waals surface area contributed by atoms with Crippen molar-refractivity contribution in [3.05, 3.63) is 0 Å². The summed E-state index contributed by atoms with van der Waals surface area (Å²) in [5, 5.41) is 10.5. The minimum atomic E-state index is -0.670. The van der Waals surface area contributed by atoms with Crippen LogP contribution in [0.3, 0.4) is 0 Å². The highest BCUT2D eigenvalue weighted by Gasteiger charge is 2.34. The van der Waals surface area contributed by atoms with Gasteiger partial charge in [-0.1, -0.05) is 13.8 Å². The lowest BCUT2D eigenvalue weighted by atomic mass is 9.80. The quantitative estimate of drug-likeness (QED) is 0.762. The van der Waals surface area contributed by atoms with Crippen LogP contribution in [-0.4, -0.2) is 37.6 Å². The molecule has 0 spiro atoms. The van der Waals surface area contributed by atoms with Gasteiger partial charge in [0.2, 0.25) is 0 Å². The van der Waals surface area contributed by atoms with Crippen LogP contribution in [0.25, 0.3) is 0 Å². The summed E-state index contributed by atoms with van der Waals surface area (Å²) in [6, 6.07) is 0. The van der Waals surface area contributed by atoms with Gasteiger partial charge >= 0.3 is 0 Å². The molecule has 1 rings (SSSR count). The summed E-state index contributed by atoms with van der Waals surface area (Å²) in [5.41, 5.74) is -0.670. The van der Waals surface area contributed by atoms with Crippen molar-refractivity contribution in [3.63, 3.8) is 0 Å². The van der Waals surface area contributed by atoms with Gasteiger partial charge in [0.05, 0.1) is 12.2 Å². The summed E-state index contributed by atoms with van der Waals surface area (Å²) >= 11 is 0. The normalized spacial score (nSPS) is 23.0. The van der Waals surface area contributed by atoms with Crippen molar-refractivity contribution in [1.82, 2.24) is 0 Å². The van der Waals surface area contributed by atoms with Crippen LogP contribution in [-0.2, 0) is 9.47 Å². The standard InChI is InChI=1S/C12H24O3/c1-10(2)12(13,9-14-3)8-11-4-6-15-7-5-11/h10-11,13H,4-9H2,1-3H3. The molecule has 1 saturated heterocycles. The monoisotopic (exact) mass is 216 g/mol. The molecule has 1 unspecified atom stereocenters. The van der Waals surface area contributed by atoms with Gasteiger partial charge in [-0.25, -0.2) is 0 Å². The minimum absolute atomic E-state index is 0.236. The SMILES string of the molecule is COCC(O)(CC1CCOCC1)C(C)C. The summed E-state index contributed by atoms with van der Waals surface area (Å²) in [6.07, 6.45) is 2.97. The summed E-state index contributed by atoms with van der Waals surface area (Å²) < 4.78 is 10.5. The Morgan fingerprint density at radius 1 is 1.40 bits per heavy atom. The Balaban J connectivity index is 2.48. The maximum Gasteiger partial charge on any atom is 0.0905 e. The summed E-state index contributed by atoms with van der Waals surface area (Å²) in [7, 11) is 1.65. The van der Waals surface area contributed by atoms with Crippen LogP contribution in [0, 0.1) is 11.8 Å². The van der Waals surface area contributed by atoms with Gasteiger partial charge in [0.1, 0.15) is 0 Å². The van der Waals surface area contributed by atoms with E-state index in [4.69, 9.17) is 9.47 Å². The lowest BCUT2D eigenvalue weighted by molar-refractivity contribution is -0.0881. The molecule has 3 heteroatoms. The maximum absolute atomic E-state index is 10.5. The smallest absolute Gasteiger partial charge is 0.0905 e. The van der Waals surface area contributed by atoms with Gasteiger partial charge in [-0.15, -0.1) is 0 Å². The molecule has 90 valence electrons. The highest BCUT2D eigenvalue weighted by atomic mass is 16.5. The van der Waals surface area contributed by atoms with Gasteiger partial charge in [-0.3, -0.25) is 0 Å². The molecular formula is C12H24O3. The molecule has 1 N–H and O–H groups in total. The molecule has 3 nitrogen and oxygen atoms in total. The Labute approximate surface area is 92.8 Å². The molecule has 0 bridgehead atoms. The summed E-state index contributed by atoms with van der Waals surface area (Å²) in [4.78, 5) is 0. The Bertz CT molecular complexity index is 176. The molecule has 1 aliphatic rings. The molecule has 0 saturated carbocycles. The lowest BCUT2D eigenvalue weighted by Gasteiger charge is -2.36. The first kappa shape index (κ1) is 12.9. The van der Waals surface area contributed by atoms with Crippen molar-refractivity contribution >= 4 is 0 Å². The average molecular weight is 216 g/mol. The van der Waals surface area contributed by atoms with Crippen LogP contribution < -0.4 is 0 Å². The van der Waals surface area contributed by atoms with Gasteiger partial charge in [-0.05, 0) is 31.1 Å². The highest BCUT2D eigenvalue weighted by Crippen LogP contribution is 2.30. The number of aliphatic hydroxyl groups is 1. The third-order valence-corrected chi connectivity index (χ3v) is 3.45.